The zero-order valence-corrected chi connectivity index (χ0v) is 11.6. The lowest BCUT2D eigenvalue weighted by molar-refractivity contribution is 0.0150. The van der Waals surface area contributed by atoms with Crippen molar-refractivity contribution in [2.75, 3.05) is 7.11 Å². The summed E-state index contributed by atoms with van der Waals surface area (Å²) in [6.45, 7) is 9.75. The van der Waals surface area contributed by atoms with E-state index in [0.29, 0.717) is 0 Å². The molecule has 0 fully saturated rings. The highest BCUT2D eigenvalue weighted by Crippen LogP contribution is 2.38. The standard InChI is InChI=1S/C12H19NO2S/c1-7-9(8(2)14)16-11(13-7)10(15-6)12(3,4)5/h10H,1-6H3. The van der Waals surface area contributed by atoms with Crippen molar-refractivity contribution in [3.8, 4) is 0 Å². The summed E-state index contributed by atoms with van der Waals surface area (Å²) in [4.78, 5) is 16.5. The normalized spacial score (nSPS) is 13.9. The number of Topliss-reactive ketones (excluding diaryl/α,β-unsaturated/α-hetero) is 1. The summed E-state index contributed by atoms with van der Waals surface area (Å²) in [5, 5.41) is 0.887. The molecule has 1 atom stereocenters. The van der Waals surface area contributed by atoms with Gasteiger partial charge in [0.1, 0.15) is 11.1 Å². The van der Waals surface area contributed by atoms with Gasteiger partial charge in [0.15, 0.2) is 5.78 Å². The minimum Gasteiger partial charge on any atom is -0.374 e. The summed E-state index contributed by atoms with van der Waals surface area (Å²) in [6, 6.07) is 0. The molecule has 1 aromatic rings. The Balaban J connectivity index is 3.13. The van der Waals surface area contributed by atoms with Gasteiger partial charge in [-0.2, -0.15) is 0 Å². The third-order valence-corrected chi connectivity index (χ3v) is 3.68. The monoisotopic (exact) mass is 241 g/mol. The molecule has 1 heterocycles. The lowest BCUT2D eigenvalue weighted by Crippen LogP contribution is -2.19. The Morgan fingerprint density at radius 3 is 2.31 bits per heavy atom. The van der Waals surface area contributed by atoms with Crippen LogP contribution in [0.25, 0.3) is 0 Å². The Kier molecular flexibility index (Phi) is 3.86. The van der Waals surface area contributed by atoms with Crippen LogP contribution in [0.3, 0.4) is 0 Å². The first-order chi connectivity index (χ1) is 7.27. The summed E-state index contributed by atoms with van der Waals surface area (Å²) in [7, 11) is 1.68. The zero-order chi connectivity index (χ0) is 12.5. The van der Waals surface area contributed by atoms with E-state index in [9.17, 15) is 4.79 Å². The highest BCUT2D eigenvalue weighted by molar-refractivity contribution is 7.13. The Morgan fingerprint density at radius 2 is 2.00 bits per heavy atom. The number of hydrogen-bond donors (Lipinski definition) is 0. The second kappa shape index (κ2) is 4.63. The summed E-state index contributed by atoms with van der Waals surface area (Å²) >= 11 is 1.44. The molecule has 16 heavy (non-hydrogen) atoms. The molecule has 0 aliphatic carbocycles. The summed E-state index contributed by atoms with van der Waals surface area (Å²) in [6.07, 6.45) is -0.0655. The quantitative estimate of drug-likeness (QED) is 0.761. The molecular weight excluding hydrogens is 222 g/mol. The van der Waals surface area contributed by atoms with Crippen molar-refractivity contribution >= 4 is 17.1 Å². The number of carbonyl (C=O) groups is 1. The van der Waals surface area contributed by atoms with Gasteiger partial charge in [0.25, 0.3) is 0 Å². The molecule has 1 aromatic heterocycles. The van der Waals surface area contributed by atoms with Crippen LogP contribution in [0.4, 0.5) is 0 Å². The molecule has 1 rings (SSSR count). The van der Waals surface area contributed by atoms with E-state index in [2.05, 4.69) is 25.8 Å². The number of ketones is 1. The Morgan fingerprint density at radius 1 is 1.44 bits per heavy atom. The third-order valence-electron chi connectivity index (χ3n) is 2.38. The first-order valence-corrected chi connectivity index (χ1v) is 6.10. The summed E-state index contributed by atoms with van der Waals surface area (Å²) < 4.78 is 5.49. The van der Waals surface area contributed by atoms with E-state index in [0.717, 1.165) is 15.6 Å². The van der Waals surface area contributed by atoms with Gasteiger partial charge in [-0.3, -0.25) is 4.79 Å². The van der Waals surface area contributed by atoms with Gasteiger partial charge in [0.2, 0.25) is 0 Å². The lowest BCUT2D eigenvalue weighted by atomic mass is 9.89. The van der Waals surface area contributed by atoms with Crippen molar-refractivity contribution in [2.24, 2.45) is 5.41 Å². The molecule has 0 spiro atoms. The van der Waals surface area contributed by atoms with E-state index in [1.165, 1.54) is 11.3 Å². The number of methoxy groups -OCH3 is 1. The van der Waals surface area contributed by atoms with E-state index in [4.69, 9.17) is 4.74 Å². The van der Waals surface area contributed by atoms with Gasteiger partial charge in [0.05, 0.1) is 10.6 Å². The number of hydrogen-bond acceptors (Lipinski definition) is 4. The van der Waals surface area contributed by atoms with E-state index in [1.807, 2.05) is 6.92 Å². The number of carbonyl (C=O) groups excluding carboxylic acids is 1. The predicted molar refractivity (Wildman–Crippen MR) is 66.1 cm³/mol. The van der Waals surface area contributed by atoms with E-state index >= 15 is 0 Å². The van der Waals surface area contributed by atoms with Crippen LogP contribution in [0.5, 0.6) is 0 Å². The summed E-state index contributed by atoms with van der Waals surface area (Å²) in [5.74, 6) is 0.0741. The lowest BCUT2D eigenvalue weighted by Gasteiger charge is -2.27. The first kappa shape index (κ1) is 13.3. The van der Waals surface area contributed by atoms with Crippen molar-refractivity contribution in [2.45, 2.75) is 40.7 Å². The van der Waals surface area contributed by atoms with Gasteiger partial charge in [-0.1, -0.05) is 20.8 Å². The van der Waals surface area contributed by atoms with Crippen LogP contribution in [0.2, 0.25) is 0 Å². The molecular formula is C12H19NO2S. The van der Waals surface area contributed by atoms with Crippen LogP contribution in [0.1, 0.15) is 54.2 Å². The zero-order valence-electron chi connectivity index (χ0n) is 10.7. The molecule has 0 radical (unpaired) electrons. The number of rotatable bonds is 3. The maximum Gasteiger partial charge on any atom is 0.171 e. The minimum atomic E-state index is -0.0655. The number of thiazole rings is 1. The smallest absolute Gasteiger partial charge is 0.171 e. The number of nitrogens with zero attached hydrogens (tertiary/aromatic N) is 1. The second-order valence-electron chi connectivity index (χ2n) is 5.00. The van der Waals surface area contributed by atoms with Crippen LogP contribution in [-0.2, 0) is 4.74 Å². The molecule has 3 nitrogen and oxygen atoms in total. The fourth-order valence-corrected chi connectivity index (χ4v) is 2.97. The third kappa shape index (κ3) is 2.68. The molecule has 90 valence electrons. The van der Waals surface area contributed by atoms with Gasteiger partial charge in [-0.15, -0.1) is 11.3 Å². The molecule has 0 aromatic carbocycles. The van der Waals surface area contributed by atoms with Crippen LogP contribution in [-0.4, -0.2) is 17.9 Å². The van der Waals surface area contributed by atoms with Crippen molar-refractivity contribution in [1.82, 2.24) is 4.98 Å². The minimum absolute atomic E-state index is 0.0207. The second-order valence-corrected chi connectivity index (χ2v) is 6.04. The summed E-state index contributed by atoms with van der Waals surface area (Å²) in [5.41, 5.74) is 0.784. The number of aryl methyl sites for hydroxylation is 1. The number of ether oxygens (including phenoxy) is 1. The topological polar surface area (TPSA) is 39.2 Å². The fraction of sp³-hybridized carbons (Fsp3) is 0.667. The molecule has 0 saturated heterocycles. The molecule has 1 unspecified atom stereocenters. The molecule has 0 amide bonds. The van der Waals surface area contributed by atoms with E-state index in [-0.39, 0.29) is 17.3 Å². The van der Waals surface area contributed by atoms with Crippen LogP contribution < -0.4 is 0 Å². The van der Waals surface area contributed by atoms with Gasteiger partial charge < -0.3 is 4.74 Å². The van der Waals surface area contributed by atoms with Gasteiger partial charge in [0, 0.05) is 14.0 Å². The maximum absolute atomic E-state index is 11.4. The van der Waals surface area contributed by atoms with Crippen molar-refractivity contribution in [3.05, 3.63) is 15.6 Å². The fourth-order valence-electron chi connectivity index (χ4n) is 1.68. The first-order valence-electron chi connectivity index (χ1n) is 5.28. The van der Waals surface area contributed by atoms with Crippen LogP contribution in [0, 0.1) is 12.3 Å². The Labute approximate surface area is 101 Å². The van der Waals surface area contributed by atoms with Gasteiger partial charge >= 0.3 is 0 Å². The van der Waals surface area contributed by atoms with Crippen molar-refractivity contribution in [3.63, 3.8) is 0 Å². The van der Waals surface area contributed by atoms with Crippen LogP contribution >= 0.6 is 11.3 Å². The van der Waals surface area contributed by atoms with E-state index in [1.54, 1.807) is 14.0 Å². The van der Waals surface area contributed by atoms with Crippen molar-refractivity contribution < 1.29 is 9.53 Å². The molecule has 4 heteroatoms. The average Bonchev–Trinajstić information content (AvgIpc) is 2.45. The van der Waals surface area contributed by atoms with Gasteiger partial charge in [-0.05, 0) is 12.3 Å². The number of aromatic nitrogens is 1. The van der Waals surface area contributed by atoms with Crippen LogP contribution in [0.15, 0.2) is 0 Å². The molecule has 0 N–H and O–H groups in total. The van der Waals surface area contributed by atoms with Crippen molar-refractivity contribution in [1.29, 1.82) is 0 Å². The SMILES string of the molecule is COC(c1nc(C)c(C(C)=O)s1)C(C)(C)C. The molecule has 0 aliphatic heterocycles. The largest absolute Gasteiger partial charge is 0.374 e. The predicted octanol–water partition coefficient (Wildman–Crippen LogP) is 3.39. The Bertz CT molecular complexity index is 390. The van der Waals surface area contributed by atoms with E-state index < -0.39 is 0 Å². The Hall–Kier alpha value is -0.740. The highest BCUT2D eigenvalue weighted by atomic mass is 32.1. The molecule has 0 aliphatic rings. The van der Waals surface area contributed by atoms with Gasteiger partial charge in [-0.25, -0.2) is 4.98 Å². The average molecular weight is 241 g/mol. The molecule has 0 bridgehead atoms. The maximum atomic E-state index is 11.4. The molecule has 0 saturated carbocycles. The highest BCUT2D eigenvalue weighted by Gasteiger charge is 2.30.